The Bertz CT molecular complexity index is 672. The van der Waals surface area contributed by atoms with Gasteiger partial charge in [-0.05, 0) is 37.1 Å². The summed E-state index contributed by atoms with van der Waals surface area (Å²) in [5.41, 5.74) is 3.32. The van der Waals surface area contributed by atoms with Gasteiger partial charge < -0.3 is 4.52 Å². The van der Waals surface area contributed by atoms with Crippen molar-refractivity contribution in [1.82, 2.24) is 25.3 Å². The Labute approximate surface area is 103 Å². The van der Waals surface area contributed by atoms with Crippen molar-refractivity contribution >= 4 is 0 Å². The van der Waals surface area contributed by atoms with Crippen LogP contribution in [0.25, 0.3) is 23.1 Å². The highest BCUT2D eigenvalue weighted by Gasteiger charge is 2.12. The minimum Gasteiger partial charge on any atom is -0.334 e. The van der Waals surface area contributed by atoms with Crippen molar-refractivity contribution in [3.05, 3.63) is 35.7 Å². The highest BCUT2D eigenvalue weighted by molar-refractivity contribution is 5.57. The van der Waals surface area contributed by atoms with Gasteiger partial charge in [-0.1, -0.05) is 11.2 Å². The third kappa shape index (κ3) is 1.77. The fourth-order valence-corrected chi connectivity index (χ4v) is 1.62. The average molecular weight is 241 g/mol. The van der Waals surface area contributed by atoms with Crippen LogP contribution in [-0.2, 0) is 0 Å². The SMILES string of the molecule is Cc1ccc(-c2nc(-c3ncn[nH]3)no2)cc1C. The van der Waals surface area contributed by atoms with Crippen LogP contribution in [0.2, 0.25) is 0 Å². The molecule has 0 aliphatic heterocycles. The lowest BCUT2D eigenvalue weighted by atomic mass is 10.1. The van der Waals surface area contributed by atoms with E-state index in [4.69, 9.17) is 4.52 Å². The van der Waals surface area contributed by atoms with Crippen LogP contribution in [0, 0.1) is 13.8 Å². The quantitative estimate of drug-likeness (QED) is 0.743. The smallest absolute Gasteiger partial charge is 0.258 e. The van der Waals surface area contributed by atoms with E-state index in [1.807, 2.05) is 25.1 Å². The van der Waals surface area contributed by atoms with E-state index in [2.05, 4.69) is 32.2 Å². The van der Waals surface area contributed by atoms with Crippen molar-refractivity contribution in [3.8, 4) is 23.1 Å². The zero-order valence-corrected chi connectivity index (χ0v) is 10.0. The first-order chi connectivity index (χ1) is 8.74. The molecule has 0 spiro atoms. The molecule has 90 valence electrons. The molecule has 0 aliphatic rings. The molecule has 0 saturated heterocycles. The summed E-state index contributed by atoms with van der Waals surface area (Å²) < 4.78 is 5.22. The fraction of sp³-hybridized carbons (Fsp3) is 0.167. The van der Waals surface area contributed by atoms with Gasteiger partial charge in [-0.25, -0.2) is 4.98 Å². The molecule has 6 nitrogen and oxygen atoms in total. The zero-order valence-electron chi connectivity index (χ0n) is 10.0. The number of nitrogens with zero attached hydrogens (tertiary/aromatic N) is 4. The van der Waals surface area contributed by atoms with E-state index < -0.39 is 0 Å². The number of aryl methyl sites for hydroxylation is 2. The molecule has 0 radical (unpaired) electrons. The maximum atomic E-state index is 5.22. The second kappa shape index (κ2) is 4.06. The van der Waals surface area contributed by atoms with Crippen molar-refractivity contribution < 1.29 is 4.52 Å². The van der Waals surface area contributed by atoms with Crippen molar-refractivity contribution in [3.63, 3.8) is 0 Å². The average Bonchev–Trinajstić information content (AvgIpc) is 3.01. The maximum absolute atomic E-state index is 5.22. The molecule has 0 amide bonds. The van der Waals surface area contributed by atoms with E-state index in [1.165, 1.54) is 17.5 Å². The Morgan fingerprint density at radius 1 is 1.17 bits per heavy atom. The summed E-state index contributed by atoms with van der Waals surface area (Å²) in [7, 11) is 0. The lowest BCUT2D eigenvalue weighted by molar-refractivity contribution is 0.432. The van der Waals surface area contributed by atoms with Gasteiger partial charge in [0.25, 0.3) is 5.89 Å². The molecule has 0 aliphatic carbocycles. The van der Waals surface area contributed by atoms with Crippen LogP contribution in [-0.4, -0.2) is 25.3 Å². The van der Waals surface area contributed by atoms with Crippen molar-refractivity contribution in [2.45, 2.75) is 13.8 Å². The first-order valence-electron chi connectivity index (χ1n) is 5.51. The predicted octanol–water partition coefficient (Wildman–Crippen LogP) is 2.14. The van der Waals surface area contributed by atoms with Crippen LogP contribution in [0.15, 0.2) is 29.0 Å². The molecule has 0 bridgehead atoms. The second-order valence-electron chi connectivity index (χ2n) is 4.06. The molecule has 0 saturated carbocycles. The van der Waals surface area contributed by atoms with Crippen molar-refractivity contribution in [2.24, 2.45) is 0 Å². The van der Waals surface area contributed by atoms with Gasteiger partial charge in [0, 0.05) is 5.56 Å². The number of aromatic nitrogens is 5. The highest BCUT2D eigenvalue weighted by Crippen LogP contribution is 2.22. The van der Waals surface area contributed by atoms with Gasteiger partial charge >= 0.3 is 0 Å². The van der Waals surface area contributed by atoms with Crippen molar-refractivity contribution in [2.75, 3.05) is 0 Å². The Balaban J connectivity index is 2.00. The topological polar surface area (TPSA) is 80.5 Å². The third-order valence-electron chi connectivity index (χ3n) is 2.81. The van der Waals surface area contributed by atoms with Crippen LogP contribution in [0.5, 0.6) is 0 Å². The van der Waals surface area contributed by atoms with Gasteiger partial charge in [0.2, 0.25) is 5.82 Å². The summed E-state index contributed by atoms with van der Waals surface area (Å²) in [5, 5.41) is 10.3. The Morgan fingerprint density at radius 2 is 2.06 bits per heavy atom. The minimum absolute atomic E-state index is 0.403. The molecule has 0 unspecified atom stereocenters. The molecule has 18 heavy (non-hydrogen) atoms. The van der Waals surface area contributed by atoms with E-state index in [0.717, 1.165) is 5.56 Å². The Morgan fingerprint density at radius 3 is 2.78 bits per heavy atom. The summed E-state index contributed by atoms with van der Waals surface area (Å²) >= 11 is 0. The lowest BCUT2D eigenvalue weighted by Crippen LogP contribution is -1.85. The first kappa shape index (κ1) is 10.6. The van der Waals surface area contributed by atoms with E-state index in [-0.39, 0.29) is 0 Å². The summed E-state index contributed by atoms with van der Waals surface area (Å²) in [5.74, 6) is 1.37. The summed E-state index contributed by atoms with van der Waals surface area (Å²) in [6.45, 7) is 4.11. The monoisotopic (exact) mass is 241 g/mol. The summed E-state index contributed by atoms with van der Waals surface area (Å²) in [6.07, 6.45) is 1.40. The standard InChI is InChI=1S/C12H11N5O/c1-7-3-4-9(5-8(7)2)12-15-11(17-18-12)10-13-6-14-16-10/h3-6H,1-2H3,(H,13,14,16). The number of hydrogen-bond acceptors (Lipinski definition) is 5. The molecule has 3 aromatic rings. The molecule has 1 N–H and O–H groups in total. The molecular formula is C12H11N5O. The molecule has 0 fully saturated rings. The molecular weight excluding hydrogens is 230 g/mol. The molecule has 0 atom stereocenters. The number of aromatic amines is 1. The number of benzene rings is 1. The van der Waals surface area contributed by atoms with Gasteiger partial charge in [-0.3, -0.25) is 5.10 Å². The number of hydrogen-bond donors (Lipinski definition) is 1. The maximum Gasteiger partial charge on any atom is 0.258 e. The van der Waals surface area contributed by atoms with E-state index in [9.17, 15) is 0 Å². The van der Waals surface area contributed by atoms with E-state index >= 15 is 0 Å². The van der Waals surface area contributed by atoms with Crippen molar-refractivity contribution in [1.29, 1.82) is 0 Å². The van der Waals surface area contributed by atoms with Gasteiger partial charge in [0.1, 0.15) is 6.33 Å². The van der Waals surface area contributed by atoms with E-state index in [1.54, 1.807) is 0 Å². The van der Waals surface area contributed by atoms with Gasteiger partial charge in [0.15, 0.2) is 5.82 Å². The molecule has 6 heteroatoms. The lowest BCUT2D eigenvalue weighted by Gasteiger charge is -2.00. The van der Waals surface area contributed by atoms with Crippen LogP contribution < -0.4 is 0 Å². The Kier molecular flexibility index (Phi) is 2.40. The van der Waals surface area contributed by atoms with E-state index in [0.29, 0.717) is 17.5 Å². The molecule has 1 aromatic carbocycles. The molecule has 3 rings (SSSR count). The largest absolute Gasteiger partial charge is 0.334 e. The first-order valence-corrected chi connectivity index (χ1v) is 5.51. The predicted molar refractivity (Wildman–Crippen MR) is 64.6 cm³/mol. The molecule has 2 heterocycles. The number of rotatable bonds is 2. The van der Waals surface area contributed by atoms with Gasteiger partial charge in [0.05, 0.1) is 0 Å². The van der Waals surface area contributed by atoms with Crippen LogP contribution in [0.1, 0.15) is 11.1 Å². The normalized spacial score (nSPS) is 10.8. The van der Waals surface area contributed by atoms with Gasteiger partial charge in [-0.15, -0.1) is 0 Å². The third-order valence-corrected chi connectivity index (χ3v) is 2.81. The molecule has 2 aromatic heterocycles. The second-order valence-corrected chi connectivity index (χ2v) is 4.06. The zero-order chi connectivity index (χ0) is 12.5. The van der Waals surface area contributed by atoms with Crippen LogP contribution >= 0.6 is 0 Å². The summed E-state index contributed by atoms with van der Waals surface area (Å²) in [4.78, 5) is 8.26. The van der Waals surface area contributed by atoms with Gasteiger partial charge in [-0.2, -0.15) is 10.1 Å². The number of nitrogens with one attached hydrogen (secondary N) is 1. The van der Waals surface area contributed by atoms with Crippen LogP contribution in [0.3, 0.4) is 0 Å². The minimum atomic E-state index is 0.403. The highest BCUT2D eigenvalue weighted by atomic mass is 16.5. The fourth-order valence-electron chi connectivity index (χ4n) is 1.62. The van der Waals surface area contributed by atoms with Crippen LogP contribution in [0.4, 0.5) is 0 Å². The summed E-state index contributed by atoms with van der Waals surface area (Å²) in [6, 6.07) is 6.01. The Hall–Kier alpha value is -2.50. The number of H-pyrrole nitrogens is 1.